The summed E-state index contributed by atoms with van der Waals surface area (Å²) in [6.45, 7) is 7.28. The van der Waals surface area contributed by atoms with Crippen LogP contribution in [0.15, 0.2) is 35.4 Å². The maximum absolute atomic E-state index is 12.7. The summed E-state index contributed by atoms with van der Waals surface area (Å²) in [7, 11) is 0. The van der Waals surface area contributed by atoms with Crippen LogP contribution < -0.4 is 22.2 Å². The minimum absolute atomic E-state index is 0. The molecule has 1 aromatic carbocycles. The second kappa shape index (κ2) is 9.85. The molecule has 2 aliphatic rings. The Balaban J connectivity index is 0.00000280. The topological polar surface area (TPSA) is 68.1 Å². The van der Waals surface area contributed by atoms with Gasteiger partial charge in [0.05, 0.1) is 24.3 Å². The number of hydrogen-bond acceptors (Lipinski definition) is 4. The Morgan fingerprint density at radius 2 is 1.68 bits per heavy atom. The predicted octanol–water partition coefficient (Wildman–Crippen LogP) is -1.48. The summed E-state index contributed by atoms with van der Waals surface area (Å²) in [4.78, 5) is 40.3. The third-order valence-electron chi connectivity index (χ3n) is 5.42. The number of hydrogen-bond donors (Lipinski definition) is 1. The maximum atomic E-state index is 12.7. The van der Waals surface area contributed by atoms with Crippen molar-refractivity contribution < 1.29 is 36.4 Å². The number of esters is 1. The average molecular weight is 407 g/mol. The van der Waals surface area contributed by atoms with Crippen molar-refractivity contribution in [1.82, 2.24) is 0 Å². The molecule has 0 fully saturated rings. The highest BCUT2D eigenvalue weighted by Gasteiger charge is 2.39. The SMILES string of the molecule is CC[NH+](CC)CCOC(=O)c1cccc(N2C(=O)C3=C(CCCC3)C2=O)c1.[Cl-]. The molecule has 3 rings (SSSR count). The van der Waals surface area contributed by atoms with Crippen LogP contribution in [0.4, 0.5) is 5.69 Å². The Hall–Kier alpha value is -2.18. The highest BCUT2D eigenvalue weighted by atomic mass is 35.5. The van der Waals surface area contributed by atoms with E-state index in [-0.39, 0.29) is 24.2 Å². The first kappa shape index (κ1) is 22.1. The number of benzene rings is 1. The van der Waals surface area contributed by atoms with Gasteiger partial charge in [0, 0.05) is 11.1 Å². The monoisotopic (exact) mass is 406 g/mol. The highest BCUT2D eigenvalue weighted by Crippen LogP contribution is 2.35. The molecule has 0 spiro atoms. The molecular weight excluding hydrogens is 380 g/mol. The number of imide groups is 1. The van der Waals surface area contributed by atoms with Crippen LogP contribution >= 0.6 is 0 Å². The van der Waals surface area contributed by atoms with Gasteiger partial charge >= 0.3 is 5.97 Å². The van der Waals surface area contributed by atoms with Gasteiger partial charge in [-0.25, -0.2) is 9.69 Å². The van der Waals surface area contributed by atoms with E-state index in [1.165, 1.54) is 9.80 Å². The van der Waals surface area contributed by atoms with Gasteiger partial charge in [0.15, 0.2) is 0 Å². The minimum atomic E-state index is -0.430. The van der Waals surface area contributed by atoms with Gasteiger partial charge in [-0.1, -0.05) is 6.07 Å². The third kappa shape index (κ3) is 4.45. The number of rotatable bonds is 7. The van der Waals surface area contributed by atoms with E-state index in [4.69, 9.17) is 4.74 Å². The van der Waals surface area contributed by atoms with E-state index in [9.17, 15) is 14.4 Å². The molecule has 1 aliphatic heterocycles. The van der Waals surface area contributed by atoms with E-state index in [1.54, 1.807) is 24.3 Å². The molecule has 0 atom stereocenters. The first-order valence-electron chi connectivity index (χ1n) is 9.78. The van der Waals surface area contributed by atoms with Crippen molar-refractivity contribution in [2.75, 3.05) is 31.1 Å². The molecule has 0 aromatic heterocycles. The molecule has 152 valence electrons. The lowest BCUT2D eigenvalue weighted by molar-refractivity contribution is -0.896. The molecule has 7 heteroatoms. The van der Waals surface area contributed by atoms with E-state index in [1.807, 2.05) is 0 Å². The Kier molecular flexibility index (Phi) is 7.78. The molecule has 2 amide bonds. The molecule has 0 unspecified atom stereocenters. The van der Waals surface area contributed by atoms with E-state index in [2.05, 4.69) is 13.8 Å². The van der Waals surface area contributed by atoms with Gasteiger partial charge in [0.2, 0.25) is 0 Å². The molecule has 28 heavy (non-hydrogen) atoms. The van der Waals surface area contributed by atoms with Crippen LogP contribution in [0.25, 0.3) is 0 Å². The van der Waals surface area contributed by atoms with Gasteiger partial charge in [-0.05, 0) is 57.7 Å². The fraction of sp³-hybridized carbons (Fsp3) is 0.476. The van der Waals surface area contributed by atoms with E-state index in [0.717, 1.165) is 32.5 Å². The summed E-state index contributed by atoms with van der Waals surface area (Å²) in [5, 5.41) is 0. The smallest absolute Gasteiger partial charge is 0.338 e. The Morgan fingerprint density at radius 3 is 2.25 bits per heavy atom. The third-order valence-corrected chi connectivity index (χ3v) is 5.42. The number of quaternary nitrogens is 1. The van der Waals surface area contributed by atoms with Crippen molar-refractivity contribution in [3.63, 3.8) is 0 Å². The number of anilines is 1. The molecule has 1 aromatic rings. The number of nitrogens with one attached hydrogen (secondary N) is 1. The zero-order valence-electron chi connectivity index (χ0n) is 16.4. The zero-order valence-corrected chi connectivity index (χ0v) is 17.2. The fourth-order valence-electron chi connectivity index (χ4n) is 3.72. The van der Waals surface area contributed by atoms with Gasteiger partial charge < -0.3 is 22.0 Å². The standard InChI is InChI=1S/C21H26N2O4.ClH/c1-3-22(4-2)12-13-27-21(26)15-8-7-9-16(14-15)23-19(24)17-10-5-6-11-18(17)20(23)25;/h7-9,14H,3-6,10-13H2,1-2H3;1H. The number of halogens is 1. The molecule has 1 heterocycles. The van der Waals surface area contributed by atoms with Crippen molar-refractivity contribution in [2.24, 2.45) is 0 Å². The Morgan fingerprint density at radius 1 is 1.07 bits per heavy atom. The number of amides is 2. The van der Waals surface area contributed by atoms with Crippen LogP contribution in [0.1, 0.15) is 49.9 Å². The summed E-state index contributed by atoms with van der Waals surface area (Å²) >= 11 is 0. The van der Waals surface area contributed by atoms with Crippen LogP contribution in [0.2, 0.25) is 0 Å². The minimum Gasteiger partial charge on any atom is -1.00 e. The van der Waals surface area contributed by atoms with Crippen LogP contribution in [-0.4, -0.2) is 44.0 Å². The van der Waals surface area contributed by atoms with Crippen molar-refractivity contribution >= 4 is 23.5 Å². The lowest BCUT2D eigenvalue weighted by Gasteiger charge is -2.17. The van der Waals surface area contributed by atoms with E-state index >= 15 is 0 Å². The van der Waals surface area contributed by atoms with Crippen molar-refractivity contribution in [3.05, 3.63) is 41.0 Å². The normalized spacial score (nSPS) is 16.3. The first-order chi connectivity index (χ1) is 13.1. The predicted molar refractivity (Wildman–Crippen MR) is 102 cm³/mol. The molecule has 1 aliphatic carbocycles. The molecule has 0 bridgehead atoms. The van der Waals surface area contributed by atoms with Gasteiger partial charge in [-0.15, -0.1) is 0 Å². The summed E-state index contributed by atoms with van der Waals surface area (Å²) < 4.78 is 5.37. The number of nitrogens with zero attached hydrogens (tertiary/aromatic N) is 1. The molecule has 0 saturated heterocycles. The second-order valence-electron chi connectivity index (χ2n) is 7.00. The second-order valence-corrected chi connectivity index (χ2v) is 7.00. The van der Waals surface area contributed by atoms with Crippen molar-refractivity contribution in [1.29, 1.82) is 0 Å². The van der Waals surface area contributed by atoms with Crippen LogP contribution in [0.5, 0.6) is 0 Å². The first-order valence-corrected chi connectivity index (χ1v) is 9.78. The van der Waals surface area contributed by atoms with E-state index in [0.29, 0.717) is 41.8 Å². The fourth-order valence-corrected chi connectivity index (χ4v) is 3.72. The van der Waals surface area contributed by atoms with Crippen LogP contribution in [0, 0.1) is 0 Å². The number of carbonyl (C=O) groups is 3. The zero-order chi connectivity index (χ0) is 19.4. The van der Waals surface area contributed by atoms with E-state index < -0.39 is 5.97 Å². The van der Waals surface area contributed by atoms with Crippen molar-refractivity contribution in [3.8, 4) is 0 Å². The lowest BCUT2D eigenvalue weighted by Crippen LogP contribution is -3.11. The molecule has 6 nitrogen and oxygen atoms in total. The van der Waals surface area contributed by atoms with Gasteiger partial charge in [-0.2, -0.15) is 0 Å². The highest BCUT2D eigenvalue weighted by molar-refractivity contribution is 6.33. The van der Waals surface area contributed by atoms with Crippen molar-refractivity contribution in [2.45, 2.75) is 39.5 Å². The van der Waals surface area contributed by atoms with Crippen LogP contribution in [-0.2, 0) is 14.3 Å². The number of carbonyl (C=O) groups excluding carboxylic acids is 3. The Labute approximate surface area is 171 Å². The summed E-state index contributed by atoms with van der Waals surface area (Å²) in [6, 6.07) is 6.58. The average Bonchev–Trinajstić information content (AvgIpc) is 2.96. The number of likely N-dealkylation sites (N-methyl/N-ethyl adjacent to an activating group) is 1. The molecular formula is C21H27ClN2O4. The summed E-state index contributed by atoms with van der Waals surface area (Å²) in [5.41, 5.74) is 2.07. The quantitative estimate of drug-likeness (QED) is 0.443. The molecule has 0 radical (unpaired) electrons. The summed E-state index contributed by atoms with van der Waals surface area (Å²) in [5.74, 6) is -0.920. The van der Waals surface area contributed by atoms with Gasteiger partial charge in [0.1, 0.15) is 13.2 Å². The van der Waals surface area contributed by atoms with Gasteiger partial charge in [0.25, 0.3) is 11.8 Å². The molecule has 0 saturated carbocycles. The summed E-state index contributed by atoms with van der Waals surface area (Å²) in [6.07, 6.45) is 3.19. The lowest BCUT2D eigenvalue weighted by atomic mass is 9.93. The maximum Gasteiger partial charge on any atom is 0.338 e. The van der Waals surface area contributed by atoms with Gasteiger partial charge in [-0.3, -0.25) is 9.59 Å². The Bertz CT molecular complexity index is 758. The van der Waals surface area contributed by atoms with Crippen LogP contribution in [0.3, 0.4) is 0 Å². The molecule has 1 N–H and O–H groups in total. The largest absolute Gasteiger partial charge is 1.00 e. The number of ether oxygens (including phenoxy) is 1.